The summed E-state index contributed by atoms with van der Waals surface area (Å²) in [6.07, 6.45) is -0.564. The van der Waals surface area contributed by atoms with Crippen LogP contribution in [0.1, 0.15) is 72.3 Å². The first-order valence-corrected chi connectivity index (χ1v) is 12.8. The fraction of sp³-hybridized carbons (Fsp3) is 0.615. The van der Waals surface area contributed by atoms with Crippen LogP contribution in [0.2, 0.25) is 0 Å². The molecule has 1 aromatic carbocycles. The molecule has 12 heteroatoms. The van der Waals surface area contributed by atoms with E-state index in [-0.39, 0.29) is 49.3 Å². The lowest BCUT2D eigenvalue weighted by Gasteiger charge is -2.32. The molecule has 0 aliphatic heterocycles. The summed E-state index contributed by atoms with van der Waals surface area (Å²) in [5.74, 6) is -1.83. The van der Waals surface area contributed by atoms with Crippen LogP contribution in [0.5, 0.6) is 11.5 Å². The topological polar surface area (TPSA) is 156 Å². The third kappa shape index (κ3) is 11.2. The highest BCUT2D eigenvalue weighted by Gasteiger charge is 2.44. The lowest BCUT2D eigenvalue weighted by molar-refractivity contribution is -0.167. The zero-order valence-electron chi connectivity index (χ0n) is 22.7. The molecule has 1 rings (SSSR count). The summed E-state index contributed by atoms with van der Waals surface area (Å²) in [5, 5.41) is 13.0. The summed E-state index contributed by atoms with van der Waals surface area (Å²) < 4.78 is 30.6. The van der Waals surface area contributed by atoms with Crippen molar-refractivity contribution in [3.05, 3.63) is 23.8 Å². The maximum atomic E-state index is 12.4. The van der Waals surface area contributed by atoms with E-state index in [0.717, 1.165) is 6.42 Å². The molecule has 0 aliphatic carbocycles. The maximum Gasteiger partial charge on any atom is 0.513 e. The van der Waals surface area contributed by atoms with Gasteiger partial charge in [0.1, 0.15) is 0 Å². The molecule has 1 unspecified atom stereocenters. The molecular weight excluding hydrogens is 502 g/mol. The van der Waals surface area contributed by atoms with Gasteiger partial charge in [0.2, 0.25) is 0 Å². The van der Waals surface area contributed by atoms with Crippen molar-refractivity contribution in [3.8, 4) is 11.5 Å². The summed E-state index contributed by atoms with van der Waals surface area (Å²) in [5.41, 5.74) is -1.93. The van der Waals surface area contributed by atoms with Crippen LogP contribution in [0, 0.1) is 0 Å². The third-order valence-electron chi connectivity index (χ3n) is 5.11. The van der Waals surface area contributed by atoms with E-state index in [1.807, 2.05) is 20.8 Å². The van der Waals surface area contributed by atoms with E-state index in [0.29, 0.717) is 25.7 Å². The number of carboxylic acid groups (broad SMARTS) is 1. The highest BCUT2D eigenvalue weighted by molar-refractivity contribution is 5.80. The second-order valence-electron chi connectivity index (χ2n) is 8.50. The van der Waals surface area contributed by atoms with Crippen molar-refractivity contribution in [2.75, 3.05) is 19.8 Å². The molecule has 0 spiro atoms. The monoisotopic (exact) mass is 541 g/mol. The van der Waals surface area contributed by atoms with Gasteiger partial charge >= 0.3 is 24.4 Å². The van der Waals surface area contributed by atoms with E-state index in [4.69, 9.17) is 28.4 Å². The highest BCUT2D eigenvalue weighted by Crippen LogP contribution is 2.31. The summed E-state index contributed by atoms with van der Waals surface area (Å²) in [6.45, 7) is 9.39. The molecule has 12 nitrogen and oxygen atoms in total. The van der Waals surface area contributed by atoms with E-state index in [1.54, 1.807) is 13.8 Å². The van der Waals surface area contributed by atoms with Crippen LogP contribution in [0.25, 0.3) is 0 Å². The molecule has 0 fully saturated rings. The molecule has 38 heavy (non-hydrogen) atoms. The van der Waals surface area contributed by atoms with Gasteiger partial charge in [-0.15, -0.1) is 0 Å². The maximum absolute atomic E-state index is 12.4. The number of hydrogen-bond donors (Lipinski definition) is 2. The van der Waals surface area contributed by atoms with Crippen LogP contribution in [-0.2, 0) is 30.2 Å². The highest BCUT2D eigenvalue weighted by atomic mass is 16.8. The summed E-state index contributed by atoms with van der Waals surface area (Å²) in [6, 6.07) is 3.68. The Balaban J connectivity index is 3.36. The predicted molar refractivity (Wildman–Crippen MR) is 135 cm³/mol. The van der Waals surface area contributed by atoms with Crippen molar-refractivity contribution >= 4 is 24.4 Å². The Labute approximate surface area is 222 Å². The second kappa shape index (κ2) is 17.1. The van der Waals surface area contributed by atoms with Crippen LogP contribution in [0.3, 0.4) is 0 Å². The van der Waals surface area contributed by atoms with Gasteiger partial charge in [0, 0.05) is 12.5 Å². The summed E-state index contributed by atoms with van der Waals surface area (Å²) in [4.78, 5) is 48.9. The first kappa shape index (κ1) is 32.5. The Morgan fingerprint density at radius 1 is 0.842 bits per heavy atom. The standard InChI is InChI=1S/C26H39NO11/c1-6-10-15-35-25(32)38-26(22(28)29,27-18(5)9-4)17-19-11-12-20(36-23(30)33-13-7-2)21(16-19)37-24(31)34-14-8-3/h11-12,16,18,27H,6-10,13-15,17H2,1-5H3,(H,28,29)/t18?,26-/m0/s1. The molecule has 214 valence electrons. The van der Waals surface area contributed by atoms with Crippen LogP contribution in [0.4, 0.5) is 14.4 Å². The molecule has 0 aromatic heterocycles. The molecule has 0 aliphatic rings. The average Bonchev–Trinajstić information content (AvgIpc) is 2.87. The second-order valence-corrected chi connectivity index (χ2v) is 8.50. The average molecular weight is 542 g/mol. The molecule has 0 heterocycles. The Morgan fingerprint density at radius 2 is 1.42 bits per heavy atom. The minimum Gasteiger partial charge on any atom is -0.477 e. The molecule has 2 atom stereocenters. The summed E-state index contributed by atoms with van der Waals surface area (Å²) >= 11 is 0. The number of ether oxygens (including phenoxy) is 6. The zero-order chi connectivity index (χ0) is 28.6. The van der Waals surface area contributed by atoms with E-state index in [9.17, 15) is 24.3 Å². The minimum atomic E-state index is -2.21. The quantitative estimate of drug-likeness (QED) is 0.0928. The van der Waals surface area contributed by atoms with Gasteiger partial charge < -0.3 is 33.5 Å². The smallest absolute Gasteiger partial charge is 0.477 e. The van der Waals surface area contributed by atoms with Crippen LogP contribution < -0.4 is 14.8 Å². The van der Waals surface area contributed by atoms with E-state index < -0.39 is 30.2 Å². The minimum absolute atomic E-state index is 0.0758. The van der Waals surface area contributed by atoms with Crippen LogP contribution in [0.15, 0.2) is 18.2 Å². The van der Waals surface area contributed by atoms with Gasteiger partial charge in [0.15, 0.2) is 11.5 Å². The largest absolute Gasteiger partial charge is 0.513 e. The number of carboxylic acids is 1. The normalized spacial score (nSPS) is 13.0. The molecule has 2 N–H and O–H groups in total. The zero-order valence-corrected chi connectivity index (χ0v) is 22.7. The lowest BCUT2D eigenvalue weighted by atomic mass is 10.00. The molecular formula is C26H39NO11. The molecule has 0 saturated carbocycles. The first-order chi connectivity index (χ1) is 18.1. The molecule has 1 aromatic rings. The van der Waals surface area contributed by atoms with E-state index in [2.05, 4.69) is 5.32 Å². The number of hydrogen-bond acceptors (Lipinski definition) is 11. The number of carbonyl (C=O) groups excluding carboxylic acids is 3. The third-order valence-corrected chi connectivity index (χ3v) is 5.11. The number of unbranched alkanes of at least 4 members (excludes halogenated alkanes) is 1. The van der Waals surface area contributed by atoms with Crippen molar-refractivity contribution in [2.45, 2.75) is 84.9 Å². The lowest BCUT2D eigenvalue weighted by Crippen LogP contribution is -2.59. The Hall–Kier alpha value is -3.54. The predicted octanol–water partition coefficient (Wildman–Crippen LogP) is 5.20. The number of benzene rings is 1. The SMILES string of the molecule is CCCCOC(=O)O[C@](Cc1ccc(OC(=O)OCCC)c(OC(=O)OCCC)c1)(NC(C)CC)C(=O)O. The van der Waals surface area contributed by atoms with E-state index >= 15 is 0 Å². The van der Waals surface area contributed by atoms with E-state index in [1.165, 1.54) is 18.2 Å². The first-order valence-electron chi connectivity index (χ1n) is 12.8. The summed E-state index contributed by atoms with van der Waals surface area (Å²) in [7, 11) is 0. The Kier molecular flexibility index (Phi) is 14.6. The van der Waals surface area contributed by atoms with Crippen molar-refractivity contribution in [2.24, 2.45) is 0 Å². The number of nitrogens with one attached hydrogen (secondary N) is 1. The molecule has 0 amide bonds. The van der Waals surface area contributed by atoms with Crippen molar-refractivity contribution in [1.29, 1.82) is 0 Å². The Bertz CT molecular complexity index is 920. The Morgan fingerprint density at radius 3 is 1.95 bits per heavy atom. The van der Waals surface area contributed by atoms with Gasteiger partial charge in [-0.3, -0.25) is 5.32 Å². The van der Waals surface area contributed by atoms with Crippen molar-refractivity contribution in [1.82, 2.24) is 5.32 Å². The molecule has 0 saturated heterocycles. The molecule has 0 bridgehead atoms. The van der Waals surface area contributed by atoms with Gasteiger partial charge in [-0.05, 0) is 50.3 Å². The number of carbonyl (C=O) groups is 4. The number of aliphatic carboxylic acids is 1. The van der Waals surface area contributed by atoms with Gasteiger partial charge in [-0.2, -0.15) is 0 Å². The van der Waals surface area contributed by atoms with Gasteiger partial charge in [0.25, 0.3) is 5.72 Å². The van der Waals surface area contributed by atoms with Gasteiger partial charge in [-0.25, -0.2) is 19.2 Å². The van der Waals surface area contributed by atoms with Gasteiger partial charge in [-0.1, -0.05) is 40.2 Å². The van der Waals surface area contributed by atoms with Crippen molar-refractivity contribution in [3.63, 3.8) is 0 Å². The fourth-order valence-electron chi connectivity index (χ4n) is 2.99. The van der Waals surface area contributed by atoms with Crippen LogP contribution >= 0.6 is 0 Å². The van der Waals surface area contributed by atoms with Crippen LogP contribution in [-0.4, -0.2) is 61.1 Å². The fourth-order valence-corrected chi connectivity index (χ4v) is 2.99. The van der Waals surface area contributed by atoms with Crippen molar-refractivity contribution < 1.29 is 52.7 Å². The number of rotatable bonds is 16. The van der Waals surface area contributed by atoms with Gasteiger partial charge in [0.05, 0.1) is 19.8 Å². The molecule has 0 radical (unpaired) electrons.